The number of amides is 1. The summed E-state index contributed by atoms with van der Waals surface area (Å²) in [5.41, 5.74) is 0.0585. The zero-order valence-corrected chi connectivity index (χ0v) is 16.4. The molecule has 0 aromatic carbocycles. The van der Waals surface area contributed by atoms with Crippen LogP contribution in [0.15, 0.2) is 18.5 Å². The van der Waals surface area contributed by atoms with Gasteiger partial charge in [-0.15, -0.1) is 0 Å². The molecule has 0 unspecified atom stereocenters. The number of carbonyl (C=O) groups excluding carboxylic acids is 2. The first kappa shape index (κ1) is 20.7. The number of ether oxygens (including phenoxy) is 2. The first-order valence-corrected chi connectivity index (χ1v) is 9.18. The van der Waals surface area contributed by atoms with Gasteiger partial charge < -0.3 is 19.7 Å². The lowest BCUT2D eigenvalue weighted by atomic mass is 10.1. The van der Waals surface area contributed by atoms with Crippen LogP contribution in [0.25, 0.3) is 6.08 Å². The molecule has 0 radical (unpaired) electrons. The van der Waals surface area contributed by atoms with Crippen molar-refractivity contribution in [2.45, 2.75) is 52.2 Å². The molecule has 0 spiro atoms. The third kappa shape index (κ3) is 7.24. The molecule has 1 N–H and O–H groups in total. The monoisotopic (exact) mass is 376 g/mol. The second kappa shape index (κ2) is 9.34. The SMILES string of the molecule is CCOC(=O)C=Cc1cnc(N[C@@H]2CCCN(C(=O)OC(C)(C)C)C2)cn1. The molecule has 1 aliphatic heterocycles. The van der Waals surface area contributed by atoms with Crippen molar-refractivity contribution in [3.05, 3.63) is 24.2 Å². The van der Waals surface area contributed by atoms with E-state index in [4.69, 9.17) is 9.47 Å². The molecule has 0 aliphatic carbocycles. The minimum Gasteiger partial charge on any atom is -0.463 e. The molecule has 1 atom stereocenters. The van der Waals surface area contributed by atoms with Crippen molar-refractivity contribution < 1.29 is 19.1 Å². The Morgan fingerprint density at radius 3 is 2.74 bits per heavy atom. The van der Waals surface area contributed by atoms with Gasteiger partial charge in [-0.1, -0.05) is 0 Å². The second-order valence-corrected chi connectivity index (χ2v) is 7.32. The van der Waals surface area contributed by atoms with E-state index in [1.54, 1.807) is 30.3 Å². The Morgan fingerprint density at radius 2 is 2.11 bits per heavy atom. The second-order valence-electron chi connectivity index (χ2n) is 7.32. The highest BCUT2D eigenvalue weighted by atomic mass is 16.6. The van der Waals surface area contributed by atoms with Gasteiger partial charge in [0, 0.05) is 25.2 Å². The van der Waals surface area contributed by atoms with Crippen LogP contribution in [0.5, 0.6) is 0 Å². The van der Waals surface area contributed by atoms with E-state index in [9.17, 15) is 9.59 Å². The lowest BCUT2D eigenvalue weighted by molar-refractivity contribution is -0.137. The van der Waals surface area contributed by atoms with Crippen LogP contribution in [0.2, 0.25) is 0 Å². The van der Waals surface area contributed by atoms with E-state index < -0.39 is 11.6 Å². The van der Waals surface area contributed by atoms with Crippen molar-refractivity contribution >= 4 is 24.0 Å². The van der Waals surface area contributed by atoms with E-state index in [1.807, 2.05) is 20.8 Å². The van der Waals surface area contributed by atoms with Crippen molar-refractivity contribution in [3.63, 3.8) is 0 Å². The van der Waals surface area contributed by atoms with Crippen LogP contribution in [-0.2, 0) is 14.3 Å². The minimum atomic E-state index is -0.504. The molecular weight excluding hydrogens is 348 g/mol. The van der Waals surface area contributed by atoms with Crippen molar-refractivity contribution in [2.75, 3.05) is 25.0 Å². The highest BCUT2D eigenvalue weighted by Gasteiger charge is 2.27. The van der Waals surface area contributed by atoms with Crippen LogP contribution in [0.3, 0.4) is 0 Å². The number of esters is 1. The summed E-state index contributed by atoms with van der Waals surface area (Å²) in [6.45, 7) is 8.91. The molecule has 1 saturated heterocycles. The summed E-state index contributed by atoms with van der Waals surface area (Å²) >= 11 is 0. The molecule has 8 nitrogen and oxygen atoms in total. The fourth-order valence-corrected chi connectivity index (χ4v) is 2.64. The minimum absolute atomic E-state index is 0.0847. The summed E-state index contributed by atoms with van der Waals surface area (Å²) in [6, 6.07) is 0.0847. The Hall–Kier alpha value is -2.64. The lowest BCUT2D eigenvalue weighted by Crippen LogP contribution is -2.47. The van der Waals surface area contributed by atoms with Gasteiger partial charge in [-0.25, -0.2) is 14.6 Å². The maximum Gasteiger partial charge on any atom is 0.410 e. The Bertz CT molecular complexity index is 667. The van der Waals surface area contributed by atoms with E-state index >= 15 is 0 Å². The third-order valence-corrected chi connectivity index (χ3v) is 3.77. The highest BCUT2D eigenvalue weighted by Crippen LogP contribution is 2.17. The van der Waals surface area contributed by atoms with E-state index in [-0.39, 0.29) is 12.1 Å². The lowest BCUT2D eigenvalue weighted by Gasteiger charge is -2.34. The van der Waals surface area contributed by atoms with Gasteiger partial charge in [-0.05, 0) is 46.6 Å². The zero-order valence-electron chi connectivity index (χ0n) is 16.4. The Morgan fingerprint density at radius 1 is 1.33 bits per heavy atom. The number of nitrogens with zero attached hydrogens (tertiary/aromatic N) is 3. The zero-order chi connectivity index (χ0) is 19.9. The molecule has 2 heterocycles. The van der Waals surface area contributed by atoms with Gasteiger partial charge in [0.05, 0.1) is 24.7 Å². The van der Waals surface area contributed by atoms with Crippen LogP contribution < -0.4 is 5.32 Å². The molecule has 1 aromatic rings. The van der Waals surface area contributed by atoms with Gasteiger partial charge in [-0.3, -0.25) is 4.98 Å². The van der Waals surface area contributed by atoms with Crippen LogP contribution in [0.1, 0.15) is 46.2 Å². The van der Waals surface area contributed by atoms with E-state index in [2.05, 4.69) is 15.3 Å². The molecule has 2 rings (SSSR count). The largest absolute Gasteiger partial charge is 0.463 e. The van der Waals surface area contributed by atoms with Crippen LogP contribution in [0.4, 0.5) is 10.6 Å². The molecule has 148 valence electrons. The summed E-state index contributed by atoms with van der Waals surface area (Å²) in [5.74, 6) is 0.213. The van der Waals surface area contributed by atoms with Gasteiger partial charge in [0.2, 0.25) is 0 Å². The number of rotatable bonds is 5. The molecule has 8 heteroatoms. The van der Waals surface area contributed by atoms with Gasteiger partial charge in [0.25, 0.3) is 0 Å². The summed E-state index contributed by atoms with van der Waals surface area (Å²) in [4.78, 5) is 33.8. The van der Waals surface area contributed by atoms with E-state index in [0.717, 1.165) is 12.8 Å². The van der Waals surface area contributed by atoms with Gasteiger partial charge in [-0.2, -0.15) is 0 Å². The number of carbonyl (C=O) groups is 2. The number of anilines is 1. The van der Waals surface area contributed by atoms with Crippen molar-refractivity contribution in [1.82, 2.24) is 14.9 Å². The number of piperidine rings is 1. The number of likely N-dealkylation sites (tertiary alicyclic amines) is 1. The Balaban J connectivity index is 1.89. The summed E-state index contributed by atoms with van der Waals surface area (Å²) < 4.78 is 10.3. The Labute approximate surface area is 160 Å². The number of hydrogen-bond acceptors (Lipinski definition) is 7. The van der Waals surface area contributed by atoms with Crippen LogP contribution in [0, 0.1) is 0 Å². The first-order valence-electron chi connectivity index (χ1n) is 9.18. The normalized spacial score (nSPS) is 17.6. The van der Waals surface area contributed by atoms with Gasteiger partial charge >= 0.3 is 12.1 Å². The first-order chi connectivity index (χ1) is 12.8. The predicted octanol–water partition coefficient (Wildman–Crippen LogP) is 2.86. The topological polar surface area (TPSA) is 93.7 Å². The highest BCUT2D eigenvalue weighted by molar-refractivity contribution is 5.86. The Kier molecular flexibility index (Phi) is 7.15. The number of nitrogens with one attached hydrogen (secondary N) is 1. The molecule has 1 amide bonds. The summed E-state index contributed by atoms with van der Waals surface area (Å²) in [5, 5.41) is 3.30. The van der Waals surface area contributed by atoms with Crippen LogP contribution in [-0.4, -0.2) is 58.3 Å². The average Bonchev–Trinajstić information content (AvgIpc) is 2.60. The quantitative estimate of drug-likeness (QED) is 0.624. The number of hydrogen-bond donors (Lipinski definition) is 1. The standard InChI is InChI=1S/C19H28N4O4/c1-5-26-17(24)9-8-14-11-21-16(12-20-14)22-15-7-6-10-23(13-15)18(25)27-19(2,3)4/h8-9,11-12,15H,5-7,10,13H2,1-4H3,(H,21,22)/t15-/m1/s1. The number of aromatic nitrogens is 2. The fourth-order valence-electron chi connectivity index (χ4n) is 2.64. The third-order valence-electron chi connectivity index (χ3n) is 3.77. The molecule has 1 aromatic heterocycles. The van der Waals surface area contributed by atoms with Gasteiger partial charge in [0.15, 0.2) is 0 Å². The predicted molar refractivity (Wildman–Crippen MR) is 102 cm³/mol. The molecule has 0 bridgehead atoms. The maximum atomic E-state index is 12.2. The maximum absolute atomic E-state index is 12.2. The molecular formula is C19H28N4O4. The van der Waals surface area contributed by atoms with E-state index in [0.29, 0.717) is 31.2 Å². The molecule has 27 heavy (non-hydrogen) atoms. The fraction of sp³-hybridized carbons (Fsp3) is 0.579. The van der Waals surface area contributed by atoms with Gasteiger partial charge in [0.1, 0.15) is 11.4 Å². The summed E-state index contributed by atoms with van der Waals surface area (Å²) in [6.07, 6.45) is 7.60. The molecule has 1 aliphatic rings. The molecule has 1 fully saturated rings. The van der Waals surface area contributed by atoms with Crippen molar-refractivity contribution in [1.29, 1.82) is 0 Å². The van der Waals surface area contributed by atoms with E-state index in [1.165, 1.54) is 6.08 Å². The molecule has 0 saturated carbocycles. The average molecular weight is 376 g/mol. The van der Waals surface area contributed by atoms with Crippen molar-refractivity contribution in [3.8, 4) is 0 Å². The van der Waals surface area contributed by atoms with Crippen molar-refractivity contribution in [2.24, 2.45) is 0 Å². The summed E-state index contributed by atoms with van der Waals surface area (Å²) in [7, 11) is 0. The van der Waals surface area contributed by atoms with Crippen LogP contribution >= 0.6 is 0 Å². The smallest absolute Gasteiger partial charge is 0.410 e.